The second kappa shape index (κ2) is 7.55. The van der Waals surface area contributed by atoms with E-state index in [0.29, 0.717) is 5.69 Å². The first-order valence-electron chi connectivity index (χ1n) is 7.07. The predicted octanol–water partition coefficient (Wildman–Crippen LogP) is -1.61. The second-order valence-electron chi connectivity index (χ2n) is 5.11. The molecule has 0 aromatic carbocycles. The molecule has 5 N–H and O–H groups in total. The van der Waals surface area contributed by atoms with Gasteiger partial charge in [0.05, 0.1) is 18.9 Å². The van der Waals surface area contributed by atoms with Gasteiger partial charge in [0.15, 0.2) is 0 Å². The number of carboxylic acid groups (broad SMARTS) is 1. The third-order valence-corrected chi connectivity index (χ3v) is 3.41. The van der Waals surface area contributed by atoms with Gasteiger partial charge in [0.2, 0.25) is 11.8 Å². The fraction of sp³-hybridized carbons (Fsp3) is 0.538. The minimum Gasteiger partial charge on any atom is -0.480 e. The average molecular weight is 309 g/mol. The van der Waals surface area contributed by atoms with E-state index < -0.39 is 17.9 Å². The number of H-pyrrole nitrogens is 1. The molecule has 0 radical (unpaired) electrons. The molecule has 0 bridgehead atoms. The van der Waals surface area contributed by atoms with E-state index in [1.807, 2.05) is 0 Å². The molecule has 1 aliphatic rings. The third kappa shape index (κ3) is 4.55. The number of carboxylic acids is 1. The summed E-state index contributed by atoms with van der Waals surface area (Å²) in [7, 11) is 0. The van der Waals surface area contributed by atoms with Crippen LogP contribution in [0.3, 0.4) is 0 Å². The van der Waals surface area contributed by atoms with E-state index >= 15 is 0 Å². The molecule has 2 amide bonds. The Morgan fingerprint density at radius 2 is 2.27 bits per heavy atom. The second-order valence-corrected chi connectivity index (χ2v) is 5.11. The molecular formula is C13H19N5O4. The van der Waals surface area contributed by atoms with Crippen molar-refractivity contribution < 1.29 is 19.5 Å². The van der Waals surface area contributed by atoms with Crippen molar-refractivity contribution in [3.05, 3.63) is 18.2 Å². The molecule has 0 saturated carbocycles. The van der Waals surface area contributed by atoms with Gasteiger partial charge in [-0.2, -0.15) is 0 Å². The van der Waals surface area contributed by atoms with Crippen LogP contribution in [0.5, 0.6) is 0 Å². The van der Waals surface area contributed by atoms with E-state index in [4.69, 9.17) is 5.11 Å². The maximum Gasteiger partial charge on any atom is 0.326 e. The van der Waals surface area contributed by atoms with Crippen LogP contribution in [0.1, 0.15) is 18.5 Å². The summed E-state index contributed by atoms with van der Waals surface area (Å²) in [5.74, 6) is -1.93. The van der Waals surface area contributed by atoms with Gasteiger partial charge in [-0.05, 0) is 19.4 Å². The van der Waals surface area contributed by atoms with Gasteiger partial charge < -0.3 is 26.0 Å². The van der Waals surface area contributed by atoms with Gasteiger partial charge >= 0.3 is 5.97 Å². The number of carbonyl (C=O) groups is 3. The zero-order valence-corrected chi connectivity index (χ0v) is 12.0. The molecule has 9 nitrogen and oxygen atoms in total. The molecule has 22 heavy (non-hydrogen) atoms. The summed E-state index contributed by atoms with van der Waals surface area (Å²) < 4.78 is 0. The van der Waals surface area contributed by atoms with Gasteiger partial charge in [0, 0.05) is 18.3 Å². The summed E-state index contributed by atoms with van der Waals surface area (Å²) in [5, 5.41) is 17.0. The number of aromatic amines is 1. The molecule has 2 unspecified atom stereocenters. The first-order valence-corrected chi connectivity index (χ1v) is 7.07. The summed E-state index contributed by atoms with van der Waals surface area (Å²) in [6.45, 7) is 0.541. The highest BCUT2D eigenvalue weighted by molar-refractivity contribution is 5.89. The zero-order chi connectivity index (χ0) is 15.9. The Bertz CT molecular complexity index is 525. The molecule has 1 aliphatic heterocycles. The minimum atomic E-state index is -1.15. The molecule has 2 heterocycles. The lowest BCUT2D eigenvalue weighted by Crippen LogP contribution is -2.49. The predicted molar refractivity (Wildman–Crippen MR) is 75.9 cm³/mol. The van der Waals surface area contributed by atoms with Gasteiger partial charge in [0.1, 0.15) is 6.04 Å². The quantitative estimate of drug-likeness (QED) is 0.411. The highest BCUT2D eigenvalue weighted by Gasteiger charge is 2.24. The Kier molecular flexibility index (Phi) is 5.48. The number of nitrogens with zero attached hydrogens (tertiary/aromatic N) is 1. The summed E-state index contributed by atoms with van der Waals surface area (Å²) in [4.78, 5) is 41.2. The van der Waals surface area contributed by atoms with E-state index in [-0.39, 0.29) is 24.9 Å². The molecule has 1 aromatic rings. The zero-order valence-electron chi connectivity index (χ0n) is 12.0. The van der Waals surface area contributed by atoms with E-state index in [9.17, 15) is 14.4 Å². The lowest BCUT2D eigenvalue weighted by molar-refractivity contribution is -0.141. The number of hydrogen-bond donors (Lipinski definition) is 5. The van der Waals surface area contributed by atoms with E-state index in [1.54, 1.807) is 0 Å². The number of nitrogens with one attached hydrogen (secondary N) is 4. The molecule has 1 fully saturated rings. The highest BCUT2D eigenvalue weighted by atomic mass is 16.4. The molecule has 2 atom stereocenters. The number of carbonyl (C=O) groups excluding carboxylic acids is 2. The molecule has 9 heteroatoms. The number of aliphatic carboxylic acids is 1. The number of rotatable bonds is 7. The van der Waals surface area contributed by atoms with Crippen LogP contribution < -0.4 is 16.0 Å². The largest absolute Gasteiger partial charge is 0.480 e. The highest BCUT2D eigenvalue weighted by Crippen LogP contribution is 2.04. The van der Waals surface area contributed by atoms with Crippen LogP contribution in [0.15, 0.2) is 12.5 Å². The fourth-order valence-corrected chi connectivity index (χ4v) is 2.26. The standard InChI is InChI=1S/C13H19N5O4/c19-11(6-16-12(20)9-2-1-3-15-9)18-10(13(21)22)4-8-5-14-7-17-8/h5,7,9-10,15H,1-4,6H2,(H,14,17)(H,16,20)(H,18,19)(H,21,22). The molecule has 0 aliphatic carbocycles. The number of hydrogen-bond acceptors (Lipinski definition) is 5. The third-order valence-electron chi connectivity index (χ3n) is 3.41. The van der Waals surface area contributed by atoms with Crippen molar-refractivity contribution >= 4 is 17.8 Å². The average Bonchev–Trinajstić information content (AvgIpc) is 3.16. The van der Waals surface area contributed by atoms with E-state index in [2.05, 4.69) is 25.9 Å². The monoisotopic (exact) mass is 309 g/mol. The maximum absolute atomic E-state index is 11.8. The SMILES string of the molecule is O=C(CNC(=O)C1CCCN1)NC(Cc1cnc[nH]1)C(=O)O. The van der Waals surface area contributed by atoms with E-state index in [0.717, 1.165) is 19.4 Å². The Morgan fingerprint density at radius 1 is 1.45 bits per heavy atom. The minimum absolute atomic E-state index is 0.0964. The van der Waals surface area contributed by atoms with Crippen LogP contribution in [-0.4, -0.2) is 58.0 Å². The van der Waals surface area contributed by atoms with Crippen molar-refractivity contribution in [2.45, 2.75) is 31.3 Å². The Hall–Kier alpha value is -2.42. The fourth-order valence-electron chi connectivity index (χ4n) is 2.26. The van der Waals surface area contributed by atoms with E-state index in [1.165, 1.54) is 12.5 Å². The van der Waals surface area contributed by atoms with Crippen molar-refractivity contribution in [1.82, 2.24) is 25.9 Å². The summed E-state index contributed by atoms with van der Waals surface area (Å²) in [5.41, 5.74) is 0.604. The lowest BCUT2D eigenvalue weighted by atomic mass is 10.1. The maximum atomic E-state index is 11.8. The van der Waals surface area contributed by atoms with Crippen molar-refractivity contribution in [3.8, 4) is 0 Å². The molecule has 120 valence electrons. The molecular weight excluding hydrogens is 290 g/mol. The Morgan fingerprint density at radius 3 is 2.86 bits per heavy atom. The van der Waals surface area contributed by atoms with Gasteiger partial charge in [-0.3, -0.25) is 9.59 Å². The normalized spacial score (nSPS) is 18.6. The first kappa shape index (κ1) is 16.0. The van der Waals surface area contributed by atoms with Crippen LogP contribution >= 0.6 is 0 Å². The summed E-state index contributed by atoms with van der Waals surface area (Å²) in [6, 6.07) is -1.34. The Balaban J connectivity index is 1.78. The van der Waals surface area contributed by atoms with Crippen molar-refractivity contribution in [2.24, 2.45) is 0 Å². The first-order chi connectivity index (χ1) is 10.6. The molecule has 2 rings (SSSR count). The van der Waals surface area contributed by atoms with Crippen LogP contribution in [0.4, 0.5) is 0 Å². The van der Waals surface area contributed by atoms with Gasteiger partial charge in [0.25, 0.3) is 0 Å². The lowest BCUT2D eigenvalue weighted by Gasteiger charge is -2.15. The van der Waals surface area contributed by atoms with Crippen molar-refractivity contribution in [3.63, 3.8) is 0 Å². The summed E-state index contributed by atoms with van der Waals surface area (Å²) in [6.07, 6.45) is 4.69. The Labute approximate surface area is 126 Å². The van der Waals surface area contributed by atoms with Crippen LogP contribution in [0.25, 0.3) is 0 Å². The topological polar surface area (TPSA) is 136 Å². The van der Waals surface area contributed by atoms with Gasteiger partial charge in [-0.25, -0.2) is 9.78 Å². The van der Waals surface area contributed by atoms with Gasteiger partial charge in [-0.15, -0.1) is 0 Å². The van der Waals surface area contributed by atoms with Crippen LogP contribution in [0.2, 0.25) is 0 Å². The number of aromatic nitrogens is 2. The number of imidazole rings is 1. The summed E-state index contributed by atoms with van der Waals surface area (Å²) >= 11 is 0. The molecule has 1 aromatic heterocycles. The van der Waals surface area contributed by atoms with Crippen molar-refractivity contribution in [1.29, 1.82) is 0 Å². The smallest absolute Gasteiger partial charge is 0.326 e. The van der Waals surface area contributed by atoms with Crippen molar-refractivity contribution in [2.75, 3.05) is 13.1 Å². The molecule has 0 spiro atoms. The van der Waals surface area contributed by atoms with Gasteiger partial charge in [-0.1, -0.05) is 0 Å². The van der Waals surface area contributed by atoms with Crippen LogP contribution in [-0.2, 0) is 20.8 Å². The van der Waals surface area contributed by atoms with Crippen LogP contribution in [0, 0.1) is 0 Å². The molecule has 1 saturated heterocycles. The number of amides is 2.